The van der Waals surface area contributed by atoms with E-state index in [1.54, 1.807) is 0 Å². The molecule has 0 amide bonds. The van der Waals surface area contributed by atoms with E-state index in [1.807, 2.05) is 19.9 Å². The van der Waals surface area contributed by atoms with Gasteiger partial charge in [-0.1, -0.05) is 84.9 Å². The average Bonchev–Trinajstić information content (AvgIpc) is 2.94. The number of ether oxygens (including phenoxy) is 2. The summed E-state index contributed by atoms with van der Waals surface area (Å²) in [5, 5.41) is 6.28. The monoisotopic (exact) mass is 493 g/mol. The topological polar surface area (TPSA) is 47.6 Å². The van der Waals surface area contributed by atoms with E-state index in [0.29, 0.717) is 0 Å². The molecule has 190 valence electrons. The van der Waals surface area contributed by atoms with Gasteiger partial charge in [-0.2, -0.15) is 0 Å². The van der Waals surface area contributed by atoms with Gasteiger partial charge in [0.1, 0.15) is 11.9 Å². The Labute approximate surface area is 219 Å². The van der Waals surface area contributed by atoms with Gasteiger partial charge in [-0.3, -0.25) is 4.79 Å². The average molecular weight is 494 g/mol. The smallest absolute Gasteiger partial charge is 0.315 e. The van der Waals surface area contributed by atoms with Gasteiger partial charge in [-0.05, 0) is 60.7 Å². The molecule has 4 nitrogen and oxygen atoms in total. The van der Waals surface area contributed by atoms with Crippen molar-refractivity contribution < 1.29 is 14.3 Å². The Kier molecular flexibility index (Phi) is 7.03. The van der Waals surface area contributed by atoms with Crippen LogP contribution >= 0.6 is 0 Å². The molecule has 0 saturated heterocycles. The van der Waals surface area contributed by atoms with Crippen LogP contribution in [0.1, 0.15) is 61.4 Å². The number of hydrogen-bond acceptors (Lipinski definition) is 4. The molecule has 1 N–H and O–H groups in total. The highest BCUT2D eigenvalue weighted by Gasteiger charge is 2.33. The third-order valence-corrected chi connectivity index (χ3v) is 7.76. The molecule has 5 rings (SSSR count). The Hall–Kier alpha value is -3.63. The first-order chi connectivity index (χ1) is 17.9. The van der Waals surface area contributed by atoms with Crippen molar-refractivity contribution in [3.8, 4) is 5.75 Å². The fourth-order valence-corrected chi connectivity index (χ4v) is 5.49. The molecule has 1 aliphatic heterocycles. The van der Waals surface area contributed by atoms with Crippen LogP contribution in [0.25, 0.3) is 10.8 Å². The van der Waals surface area contributed by atoms with E-state index in [-0.39, 0.29) is 24.0 Å². The summed E-state index contributed by atoms with van der Waals surface area (Å²) in [7, 11) is 1.44. The summed E-state index contributed by atoms with van der Waals surface area (Å²) in [6.45, 7) is 6.77. The zero-order valence-electron chi connectivity index (χ0n) is 22.0. The van der Waals surface area contributed by atoms with Crippen LogP contribution in [-0.2, 0) is 14.9 Å². The lowest BCUT2D eigenvalue weighted by Crippen LogP contribution is -2.37. The fraction of sp³-hybridized carbons (Fsp3) is 0.303. The van der Waals surface area contributed by atoms with E-state index in [4.69, 9.17) is 9.47 Å². The second-order valence-electron chi connectivity index (χ2n) is 10.5. The Bertz CT molecular complexity index is 1390. The van der Waals surface area contributed by atoms with Crippen LogP contribution in [0.2, 0.25) is 0 Å². The number of esters is 1. The predicted octanol–water partition coefficient (Wildman–Crippen LogP) is 6.92. The number of fused-ring (bicyclic) bond motifs is 2. The maximum absolute atomic E-state index is 12.3. The van der Waals surface area contributed by atoms with Crippen molar-refractivity contribution in [2.24, 2.45) is 0 Å². The second kappa shape index (κ2) is 10.4. The molecule has 0 saturated carbocycles. The Balaban J connectivity index is 1.35. The van der Waals surface area contributed by atoms with Crippen LogP contribution < -0.4 is 10.1 Å². The lowest BCUT2D eigenvalue weighted by molar-refractivity contribution is -0.146. The molecule has 4 aromatic rings. The first kappa shape index (κ1) is 25.0. The van der Waals surface area contributed by atoms with Crippen LogP contribution in [0, 0.1) is 0 Å². The summed E-state index contributed by atoms with van der Waals surface area (Å²) in [4.78, 5) is 12.3. The normalized spacial score (nSPS) is 18.1. The third-order valence-electron chi connectivity index (χ3n) is 7.76. The highest BCUT2D eigenvalue weighted by Crippen LogP contribution is 2.41. The van der Waals surface area contributed by atoms with Crippen molar-refractivity contribution >= 4 is 16.7 Å². The molecule has 0 bridgehead atoms. The maximum Gasteiger partial charge on any atom is 0.315 e. The molecule has 1 aliphatic rings. The van der Waals surface area contributed by atoms with E-state index < -0.39 is 5.41 Å². The van der Waals surface area contributed by atoms with E-state index in [0.717, 1.165) is 24.3 Å². The quantitative estimate of drug-likeness (QED) is 0.284. The number of nitrogens with one attached hydrogen (secondary N) is 1. The van der Waals surface area contributed by atoms with E-state index >= 15 is 0 Å². The first-order valence-corrected chi connectivity index (χ1v) is 13.0. The van der Waals surface area contributed by atoms with Gasteiger partial charge >= 0.3 is 5.97 Å². The molecule has 1 heterocycles. The van der Waals surface area contributed by atoms with Gasteiger partial charge in [-0.25, -0.2) is 0 Å². The molecule has 3 atom stereocenters. The summed E-state index contributed by atoms with van der Waals surface area (Å²) in [6.07, 6.45) is 0.926. The van der Waals surface area contributed by atoms with Crippen LogP contribution in [-0.4, -0.2) is 25.7 Å². The highest BCUT2D eigenvalue weighted by atomic mass is 16.5. The van der Waals surface area contributed by atoms with Gasteiger partial charge in [0.15, 0.2) is 0 Å². The molecule has 0 aliphatic carbocycles. The molecule has 37 heavy (non-hydrogen) atoms. The van der Waals surface area contributed by atoms with Gasteiger partial charge in [0.25, 0.3) is 0 Å². The van der Waals surface area contributed by atoms with Crippen LogP contribution in [0.4, 0.5) is 0 Å². The minimum absolute atomic E-state index is 0.0449. The standard InChI is InChI=1S/C33H35NO3/c1-22(27-14-9-11-23-10-5-6-12-28(23)27)34-21-26-20-30(29-13-7-8-15-31(29)37-26)24-16-18-25(19-17-24)33(2,3)32(35)36-4/h5-19,22,26,30,34H,20-21H2,1-4H3. The lowest BCUT2D eigenvalue weighted by Gasteiger charge is -2.34. The number of carbonyl (C=O) groups is 1. The highest BCUT2D eigenvalue weighted by molar-refractivity contribution is 5.86. The Morgan fingerprint density at radius 1 is 0.973 bits per heavy atom. The van der Waals surface area contributed by atoms with E-state index in [9.17, 15) is 4.79 Å². The van der Waals surface area contributed by atoms with E-state index in [1.165, 1.54) is 34.6 Å². The molecule has 0 aromatic heterocycles. The van der Waals surface area contributed by atoms with Gasteiger partial charge in [0.2, 0.25) is 0 Å². The molecular weight excluding hydrogens is 458 g/mol. The predicted molar refractivity (Wildman–Crippen MR) is 149 cm³/mol. The zero-order valence-corrected chi connectivity index (χ0v) is 22.0. The van der Waals surface area contributed by atoms with Crippen molar-refractivity contribution in [2.45, 2.75) is 50.7 Å². The van der Waals surface area contributed by atoms with Gasteiger partial charge in [0, 0.05) is 24.1 Å². The van der Waals surface area contributed by atoms with Gasteiger partial charge in [0.05, 0.1) is 12.5 Å². The largest absolute Gasteiger partial charge is 0.489 e. The Morgan fingerprint density at radius 2 is 1.68 bits per heavy atom. The molecule has 4 aromatic carbocycles. The van der Waals surface area contributed by atoms with Crippen LogP contribution in [0.5, 0.6) is 5.75 Å². The Morgan fingerprint density at radius 3 is 2.46 bits per heavy atom. The number of para-hydroxylation sites is 1. The van der Waals surface area contributed by atoms with Crippen molar-refractivity contribution in [1.29, 1.82) is 0 Å². The lowest BCUT2D eigenvalue weighted by atomic mass is 9.80. The molecule has 3 unspecified atom stereocenters. The van der Waals surface area contributed by atoms with Crippen molar-refractivity contribution in [3.05, 3.63) is 113 Å². The van der Waals surface area contributed by atoms with Crippen molar-refractivity contribution in [2.75, 3.05) is 13.7 Å². The van der Waals surface area contributed by atoms with Gasteiger partial charge in [-0.15, -0.1) is 0 Å². The fourth-order valence-electron chi connectivity index (χ4n) is 5.49. The minimum atomic E-state index is -0.689. The molecular formula is C33H35NO3. The van der Waals surface area contributed by atoms with E-state index in [2.05, 4.69) is 97.2 Å². The summed E-state index contributed by atoms with van der Waals surface area (Å²) in [6, 6.07) is 32.0. The molecule has 0 spiro atoms. The third kappa shape index (κ3) is 4.99. The number of benzene rings is 4. The number of hydrogen-bond donors (Lipinski definition) is 1. The van der Waals surface area contributed by atoms with Crippen molar-refractivity contribution in [3.63, 3.8) is 0 Å². The number of carbonyl (C=O) groups excluding carboxylic acids is 1. The summed E-state index contributed by atoms with van der Waals surface area (Å²) < 4.78 is 11.5. The zero-order chi connectivity index (χ0) is 26.0. The summed E-state index contributed by atoms with van der Waals surface area (Å²) in [5.74, 6) is 0.936. The van der Waals surface area contributed by atoms with Crippen LogP contribution in [0.3, 0.4) is 0 Å². The molecule has 4 heteroatoms. The minimum Gasteiger partial charge on any atom is -0.489 e. The number of rotatable bonds is 7. The summed E-state index contributed by atoms with van der Waals surface area (Å²) >= 11 is 0. The second-order valence-corrected chi connectivity index (χ2v) is 10.5. The van der Waals surface area contributed by atoms with Crippen LogP contribution in [0.15, 0.2) is 91.0 Å². The maximum atomic E-state index is 12.3. The van der Waals surface area contributed by atoms with Crippen molar-refractivity contribution in [1.82, 2.24) is 5.32 Å². The number of methoxy groups -OCH3 is 1. The molecule has 0 fully saturated rings. The summed E-state index contributed by atoms with van der Waals surface area (Å²) in [5.41, 5.74) is 4.00. The SMILES string of the molecule is COC(=O)C(C)(C)c1ccc(C2CC(CNC(C)c3cccc4ccccc34)Oc3ccccc32)cc1. The first-order valence-electron chi connectivity index (χ1n) is 13.0. The van der Waals surface area contributed by atoms with Gasteiger partial charge < -0.3 is 14.8 Å². The molecule has 0 radical (unpaired) electrons.